The minimum atomic E-state index is 0.213. The van der Waals surface area contributed by atoms with Crippen LogP contribution in [0.2, 0.25) is 0 Å². The van der Waals surface area contributed by atoms with Crippen molar-refractivity contribution in [3.63, 3.8) is 0 Å². The van der Waals surface area contributed by atoms with Crippen LogP contribution in [0.25, 0.3) is 10.9 Å². The molecule has 0 atom stereocenters. The Morgan fingerprint density at radius 3 is 2.88 bits per heavy atom. The van der Waals surface area contributed by atoms with Crippen molar-refractivity contribution in [2.45, 2.75) is 45.7 Å². The Morgan fingerprint density at radius 2 is 2.12 bits per heavy atom. The molecule has 2 aromatic rings. The summed E-state index contributed by atoms with van der Waals surface area (Å²) >= 11 is 0. The summed E-state index contributed by atoms with van der Waals surface area (Å²) in [5, 5.41) is 5.01. The molecule has 3 rings (SSSR count). The molecule has 2 nitrogen and oxygen atoms in total. The summed E-state index contributed by atoms with van der Waals surface area (Å²) in [6.07, 6.45) is 2.20. The van der Waals surface area contributed by atoms with Gasteiger partial charge in [-0.15, -0.1) is 0 Å². The Balaban J connectivity index is 2.23. The lowest BCUT2D eigenvalue weighted by molar-refractivity contribution is 0.361. The SMILES string of the molecule is CCc1cccc2c3c([nH]c12)CNC(C)(C)C3. The van der Waals surface area contributed by atoms with E-state index >= 15 is 0 Å². The molecule has 0 amide bonds. The number of hydrogen-bond acceptors (Lipinski definition) is 1. The molecular weight excluding hydrogens is 208 g/mol. The van der Waals surface area contributed by atoms with Gasteiger partial charge in [0.2, 0.25) is 0 Å². The molecule has 90 valence electrons. The quantitative estimate of drug-likeness (QED) is 0.771. The van der Waals surface area contributed by atoms with E-state index in [-0.39, 0.29) is 5.54 Å². The minimum Gasteiger partial charge on any atom is -0.357 e. The Morgan fingerprint density at radius 1 is 1.29 bits per heavy atom. The molecule has 1 aliphatic rings. The molecule has 2 heterocycles. The van der Waals surface area contributed by atoms with Gasteiger partial charge < -0.3 is 10.3 Å². The van der Waals surface area contributed by atoms with E-state index in [0.29, 0.717) is 0 Å². The van der Waals surface area contributed by atoms with Crippen LogP contribution in [0.1, 0.15) is 37.6 Å². The predicted octanol–water partition coefficient (Wildman–Crippen LogP) is 3.15. The number of aromatic amines is 1. The molecule has 1 aliphatic heterocycles. The average Bonchev–Trinajstić information content (AvgIpc) is 2.65. The highest BCUT2D eigenvalue weighted by Crippen LogP contribution is 2.31. The molecule has 0 saturated carbocycles. The Hall–Kier alpha value is -1.28. The normalized spacial score (nSPS) is 18.3. The van der Waals surface area contributed by atoms with Crippen LogP contribution in [0.15, 0.2) is 18.2 Å². The third-order valence-corrected chi connectivity index (χ3v) is 3.86. The summed E-state index contributed by atoms with van der Waals surface area (Å²) in [6.45, 7) is 7.73. The monoisotopic (exact) mass is 228 g/mol. The summed E-state index contributed by atoms with van der Waals surface area (Å²) in [5.41, 5.74) is 5.87. The maximum atomic E-state index is 3.61. The van der Waals surface area contributed by atoms with Crippen LogP contribution < -0.4 is 5.32 Å². The molecular formula is C15H20N2. The largest absolute Gasteiger partial charge is 0.357 e. The second-order valence-corrected chi connectivity index (χ2v) is 5.69. The van der Waals surface area contributed by atoms with Gasteiger partial charge in [0.15, 0.2) is 0 Å². The van der Waals surface area contributed by atoms with Gasteiger partial charge in [0.25, 0.3) is 0 Å². The molecule has 0 bridgehead atoms. The lowest BCUT2D eigenvalue weighted by Crippen LogP contribution is -2.44. The van der Waals surface area contributed by atoms with E-state index < -0.39 is 0 Å². The molecule has 2 N–H and O–H groups in total. The van der Waals surface area contributed by atoms with E-state index in [9.17, 15) is 0 Å². The van der Waals surface area contributed by atoms with Crippen LogP contribution in [-0.2, 0) is 19.4 Å². The van der Waals surface area contributed by atoms with Gasteiger partial charge in [-0.25, -0.2) is 0 Å². The van der Waals surface area contributed by atoms with Crippen LogP contribution in [0.4, 0.5) is 0 Å². The van der Waals surface area contributed by atoms with Crippen molar-refractivity contribution < 1.29 is 0 Å². The predicted molar refractivity (Wildman–Crippen MR) is 72.3 cm³/mol. The summed E-state index contributed by atoms with van der Waals surface area (Å²) in [4.78, 5) is 3.61. The smallest absolute Gasteiger partial charge is 0.0491 e. The van der Waals surface area contributed by atoms with Crippen LogP contribution in [0.3, 0.4) is 0 Å². The van der Waals surface area contributed by atoms with Crippen molar-refractivity contribution in [3.8, 4) is 0 Å². The molecule has 0 unspecified atom stereocenters. The number of aryl methyl sites for hydroxylation is 1. The number of nitrogens with one attached hydrogen (secondary N) is 2. The molecule has 0 fully saturated rings. The van der Waals surface area contributed by atoms with Crippen LogP contribution in [0, 0.1) is 0 Å². The van der Waals surface area contributed by atoms with Crippen molar-refractivity contribution >= 4 is 10.9 Å². The van der Waals surface area contributed by atoms with Crippen LogP contribution >= 0.6 is 0 Å². The summed E-state index contributed by atoms with van der Waals surface area (Å²) in [7, 11) is 0. The highest BCUT2D eigenvalue weighted by molar-refractivity contribution is 5.87. The van der Waals surface area contributed by atoms with E-state index in [0.717, 1.165) is 19.4 Å². The number of fused-ring (bicyclic) bond motifs is 3. The maximum Gasteiger partial charge on any atom is 0.0491 e. The molecule has 2 heteroatoms. The number of aromatic nitrogens is 1. The Kier molecular flexibility index (Phi) is 2.30. The van der Waals surface area contributed by atoms with Gasteiger partial charge in [-0.3, -0.25) is 0 Å². The molecule has 1 aromatic heterocycles. The third kappa shape index (κ3) is 1.67. The molecule has 0 spiro atoms. The lowest BCUT2D eigenvalue weighted by atomic mass is 9.89. The summed E-state index contributed by atoms with van der Waals surface area (Å²) in [6, 6.07) is 6.67. The van der Waals surface area contributed by atoms with Crippen molar-refractivity contribution in [2.24, 2.45) is 0 Å². The third-order valence-electron chi connectivity index (χ3n) is 3.86. The van der Waals surface area contributed by atoms with Gasteiger partial charge in [0.1, 0.15) is 0 Å². The fourth-order valence-electron chi connectivity index (χ4n) is 2.87. The molecule has 0 saturated heterocycles. The highest BCUT2D eigenvalue weighted by atomic mass is 15.0. The van der Waals surface area contributed by atoms with E-state index in [4.69, 9.17) is 0 Å². The van der Waals surface area contributed by atoms with Gasteiger partial charge in [0.05, 0.1) is 0 Å². The van der Waals surface area contributed by atoms with Crippen LogP contribution in [-0.4, -0.2) is 10.5 Å². The first-order valence-electron chi connectivity index (χ1n) is 6.47. The Labute approximate surface area is 102 Å². The zero-order chi connectivity index (χ0) is 12.0. The van der Waals surface area contributed by atoms with Crippen molar-refractivity contribution in [1.82, 2.24) is 10.3 Å². The summed E-state index contributed by atoms with van der Waals surface area (Å²) < 4.78 is 0. The van der Waals surface area contributed by atoms with E-state index in [1.807, 2.05) is 0 Å². The second-order valence-electron chi connectivity index (χ2n) is 5.69. The van der Waals surface area contributed by atoms with Crippen molar-refractivity contribution in [2.75, 3.05) is 0 Å². The molecule has 1 aromatic carbocycles. The fourth-order valence-corrected chi connectivity index (χ4v) is 2.87. The zero-order valence-electron chi connectivity index (χ0n) is 10.9. The van der Waals surface area contributed by atoms with E-state index in [1.165, 1.54) is 27.7 Å². The van der Waals surface area contributed by atoms with Crippen molar-refractivity contribution in [1.29, 1.82) is 0 Å². The van der Waals surface area contributed by atoms with Gasteiger partial charge in [-0.1, -0.05) is 25.1 Å². The lowest BCUT2D eigenvalue weighted by Gasteiger charge is -2.31. The fraction of sp³-hybridized carbons (Fsp3) is 0.467. The first-order valence-corrected chi connectivity index (χ1v) is 6.47. The number of para-hydroxylation sites is 1. The molecule has 17 heavy (non-hydrogen) atoms. The number of hydrogen-bond donors (Lipinski definition) is 2. The van der Waals surface area contributed by atoms with Crippen molar-refractivity contribution in [3.05, 3.63) is 35.0 Å². The standard InChI is InChI=1S/C15H20N2/c1-4-10-6-5-7-11-12-8-15(2,3)16-9-13(12)17-14(10)11/h5-7,16-17H,4,8-9H2,1-3H3. The number of H-pyrrole nitrogens is 1. The zero-order valence-corrected chi connectivity index (χ0v) is 10.9. The second kappa shape index (κ2) is 3.61. The van der Waals surface area contributed by atoms with Crippen LogP contribution in [0.5, 0.6) is 0 Å². The number of benzene rings is 1. The average molecular weight is 228 g/mol. The van der Waals surface area contributed by atoms with Gasteiger partial charge in [-0.05, 0) is 37.8 Å². The first-order chi connectivity index (χ1) is 8.11. The van der Waals surface area contributed by atoms with E-state index in [2.05, 4.69) is 49.3 Å². The van der Waals surface area contributed by atoms with Gasteiger partial charge in [-0.2, -0.15) is 0 Å². The number of rotatable bonds is 1. The summed E-state index contributed by atoms with van der Waals surface area (Å²) in [5.74, 6) is 0. The topological polar surface area (TPSA) is 27.8 Å². The minimum absolute atomic E-state index is 0.213. The van der Waals surface area contributed by atoms with Gasteiger partial charge in [0, 0.05) is 28.7 Å². The Bertz CT molecular complexity index is 564. The molecule has 0 aliphatic carbocycles. The van der Waals surface area contributed by atoms with Gasteiger partial charge >= 0.3 is 0 Å². The maximum absolute atomic E-state index is 3.61. The molecule has 0 radical (unpaired) electrons. The first kappa shape index (κ1) is 10.8. The highest BCUT2D eigenvalue weighted by Gasteiger charge is 2.27. The van der Waals surface area contributed by atoms with E-state index in [1.54, 1.807) is 0 Å².